The van der Waals surface area contributed by atoms with E-state index in [9.17, 15) is 9.90 Å². The number of aliphatic hydroxyl groups excluding tert-OH is 1. The summed E-state index contributed by atoms with van der Waals surface area (Å²) in [5, 5.41) is 15.4. The molecule has 1 aliphatic heterocycles. The molecule has 0 radical (unpaired) electrons. The molecular weight excluding hydrogens is 689 g/mol. The van der Waals surface area contributed by atoms with Crippen LogP contribution in [-0.2, 0) is 29.0 Å². The number of ether oxygens (including phenoxy) is 3. The van der Waals surface area contributed by atoms with Gasteiger partial charge in [0.25, 0.3) is 0 Å². The lowest BCUT2D eigenvalue weighted by Gasteiger charge is -2.38. The third-order valence-electron chi connectivity index (χ3n) is 9.59. The van der Waals surface area contributed by atoms with Gasteiger partial charge in [0, 0.05) is 55.6 Å². The standard InChI is InChI=1S/C46H46N4O5/c1-50(27-25-39-10-5-6-26-47-39)31-43-29-44(36-15-13-33(32-51)14-16-36)55-45(54-43)37-19-17-35(18-20-37)38-9-7-8-34(28-38)30-48-46(52)49-40-21-23-42(24-22-40)53-41-11-3-2-4-12-41/h2-24,26,28,43-45,51H,25,27,29-32H2,1H3,(H2,48,49,52)/t43-,44+,45+/m1/s1. The molecule has 280 valence electrons. The van der Waals surface area contributed by atoms with Crippen LogP contribution in [0.15, 0.2) is 152 Å². The highest BCUT2D eigenvalue weighted by Crippen LogP contribution is 2.38. The molecule has 1 aromatic heterocycles. The fourth-order valence-corrected chi connectivity index (χ4v) is 6.61. The summed E-state index contributed by atoms with van der Waals surface area (Å²) in [7, 11) is 2.12. The summed E-state index contributed by atoms with van der Waals surface area (Å²) in [5.41, 5.74) is 7.68. The molecule has 6 aromatic rings. The van der Waals surface area contributed by atoms with Crippen LogP contribution in [0.1, 0.15) is 46.8 Å². The fraction of sp³-hybridized carbons (Fsp3) is 0.217. The Morgan fingerprint density at radius 1 is 0.782 bits per heavy atom. The molecule has 0 unspecified atom stereocenters. The van der Waals surface area contributed by atoms with Crippen LogP contribution in [0.25, 0.3) is 11.1 Å². The number of anilines is 1. The molecule has 0 saturated carbocycles. The fourth-order valence-electron chi connectivity index (χ4n) is 6.61. The van der Waals surface area contributed by atoms with Crippen molar-refractivity contribution >= 4 is 11.7 Å². The van der Waals surface area contributed by atoms with E-state index in [0.29, 0.717) is 18.0 Å². The Balaban J connectivity index is 0.963. The highest BCUT2D eigenvalue weighted by molar-refractivity contribution is 5.89. The maximum Gasteiger partial charge on any atom is 0.319 e. The molecule has 3 N–H and O–H groups in total. The number of hydrogen-bond acceptors (Lipinski definition) is 7. The second-order valence-electron chi connectivity index (χ2n) is 13.8. The quantitative estimate of drug-likeness (QED) is 0.103. The number of nitrogens with one attached hydrogen (secondary N) is 2. The number of nitrogens with zero attached hydrogens (tertiary/aromatic N) is 2. The van der Waals surface area contributed by atoms with Gasteiger partial charge >= 0.3 is 6.03 Å². The smallest absolute Gasteiger partial charge is 0.319 e. The van der Waals surface area contributed by atoms with Crippen LogP contribution in [0.5, 0.6) is 11.5 Å². The molecule has 2 amide bonds. The monoisotopic (exact) mass is 734 g/mol. The Morgan fingerprint density at radius 3 is 2.27 bits per heavy atom. The van der Waals surface area contributed by atoms with Crippen molar-refractivity contribution in [3.63, 3.8) is 0 Å². The summed E-state index contributed by atoms with van der Waals surface area (Å²) in [6, 6.07) is 47.0. The second kappa shape index (κ2) is 18.5. The first-order chi connectivity index (χ1) is 27.0. The van der Waals surface area contributed by atoms with Gasteiger partial charge in [-0.25, -0.2) is 4.79 Å². The molecule has 7 rings (SSSR count). The minimum absolute atomic E-state index is 0.00391. The lowest BCUT2D eigenvalue weighted by Crippen LogP contribution is -2.38. The van der Waals surface area contributed by atoms with Crippen LogP contribution in [0.4, 0.5) is 10.5 Å². The summed E-state index contributed by atoms with van der Waals surface area (Å²) >= 11 is 0. The number of amides is 2. The SMILES string of the molecule is CN(CCc1ccccn1)C[C@H]1C[C@@H](c2ccc(CO)cc2)O[C@@H](c2ccc(-c3cccc(CNC(=O)Nc4ccc(Oc5ccccc5)cc4)c3)cc2)O1. The Kier molecular flexibility index (Phi) is 12.6. The van der Waals surface area contributed by atoms with Crippen molar-refractivity contribution < 1.29 is 24.1 Å². The molecular formula is C46H46N4O5. The van der Waals surface area contributed by atoms with Gasteiger partial charge in [-0.2, -0.15) is 0 Å². The Bertz CT molecular complexity index is 2100. The molecule has 0 aliphatic carbocycles. The molecule has 1 saturated heterocycles. The van der Waals surface area contributed by atoms with E-state index in [2.05, 4.69) is 70.0 Å². The number of hydrogen-bond donors (Lipinski definition) is 3. The lowest BCUT2D eigenvalue weighted by molar-refractivity contribution is -0.252. The minimum Gasteiger partial charge on any atom is -0.457 e. The van der Waals surface area contributed by atoms with E-state index in [-0.39, 0.29) is 24.8 Å². The zero-order chi connectivity index (χ0) is 37.8. The Labute approximate surface area is 322 Å². The van der Waals surface area contributed by atoms with Crippen LogP contribution in [-0.4, -0.2) is 47.3 Å². The van der Waals surface area contributed by atoms with Gasteiger partial charge < -0.3 is 34.9 Å². The molecule has 55 heavy (non-hydrogen) atoms. The molecule has 0 bridgehead atoms. The number of rotatable bonds is 14. The van der Waals surface area contributed by atoms with Gasteiger partial charge in [-0.1, -0.05) is 91.0 Å². The average Bonchev–Trinajstić information content (AvgIpc) is 3.24. The highest BCUT2D eigenvalue weighted by Gasteiger charge is 2.32. The molecule has 3 atom stereocenters. The normalized spacial score (nSPS) is 16.7. The zero-order valence-electron chi connectivity index (χ0n) is 30.9. The first-order valence-electron chi connectivity index (χ1n) is 18.6. The van der Waals surface area contributed by atoms with E-state index in [1.165, 1.54) is 0 Å². The van der Waals surface area contributed by atoms with E-state index < -0.39 is 6.29 Å². The first kappa shape index (κ1) is 37.5. The number of aliphatic hydroxyl groups is 1. The van der Waals surface area contributed by atoms with E-state index >= 15 is 0 Å². The maximum absolute atomic E-state index is 12.7. The first-order valence-corrected chi connectivity index (χ1v) is 18.6. The number of urea groups is 1. The van der Waals surface area contributed by atoms with E-state index in [1.807, 2.05) is 109 Å². The van der Waals surface area contributed by atoms with Gasteiger partial charge in [-0.3, -0.25) is 4.98 Å². The molecule has 2 heterocycles. The van der Waals surface area contributed by atoms with Crippen molar-refractivity contribution in [1.29, 1.82) is 0 Å². The average molecular weight is 735 g/mol. The van der Waals surface area contributed by atoms with Crippen molar-refractivity contribution in [3.05, 3.63) is 180 Å². The van der Waals surface area contributed by atoms with Crippen LogP contribution >= 0.6 is 0 Å². The number of benzene rings is 5. The van der Waals surface area contributed by atoms with Crippen molar-refractivity contribution in [2.75, 3.05) is 25.5 Å². The van der Waals surface area contributed by atoms with Crippen molar-refractivity contribution in [2.45, 2.75) is 44.5 Å². The largest absolute Gasteiger partial charge is 0.457 e. The van der Waals surface area contributed by atoms with E-state index in [1.54, 1.807) is 0 Å². The van der Waals surface area contributed by atoms with Crippen LogP contribution in [0, 0.1) is 0 Å². The number of carbonyl (C=O) groups excluding carboxylic acids is 1. The predicted octanol–water partition coefficient (Wildman–Crippen LogP) is 9.07. The van der Waals surface area contributed by atoms with Crippen molar-refractivity contribution in [3.8, 4) is 22.6 Å². The summed E-state index contributed by atoms with van der Waals surface area (Å²) in [6.45, 7) is 2.00. The number of likely N-dealkylation sites (N-methyl/N-ethyl adjacent to an activating group) is 1. The number of carbonyl (C=O) groups is 1. The summed E-state index contributed by atoms with van der Waals surface area (Å²) < 4.78 is 19.1. The lowest BCUT2D eigenvalue weighted by atomic mass is 9.99. The predicted molar refractivity (Wildman–Crippen MR) is 215 cm³/mol. The minimum atomic E-state index is -0.541. The molecule has 1 aliphatic rings. The van der Waals surface area contributed by atoms with Crippen molar-refractivity contribution in [1.82, 2.24) is 15.2 Å². The second-order valence-corrected chi connectivity index (χ2v) is 13.8. The van der Waals surface area contributed by atoms with Gasteiger partial charge in [0.2, 0.25) is 0 Å². The maximum atomic E-state index is 12.7. The van der Waals surface area contributed by atoms with Gasteiger partial charge in [0.05, 0.1) is 18.8 Å². The Hall–Kier alpha value is -5.84. The number of aromatic nitrogens is 1. The summed E-state index contributed by atoms with van der Waals surface area (Å²) in [6.07, 6.45) is 2.67. The molecule has 9 nitrogen and oxygen atoms in total. The summed E-state index contributed by atoms with van der Waals surface area (Å²) in [4.78, 5) is 19.5. The molecule has 5 aromatic carbocycles. The summed E-state index contributed by atoms with van der Waals surface area (Å²) in [5.74, 6) is 1.44. The Morgan fingerprint density at radius 2 is 1.53 bits per heavy atom. The van der Waals surface area contributed by atoms with E-state index in [4.69, 9.17) is 14.2 Å². The van der Waals surface area contributed by atoms with Gasteiger partial charge in [0.15, 0.2) is 6.29 Å². The number of para-hydroxylation sites is 1. The highest BCUT2D eigenvalue weighted by atomic mass is 16.7. The molecule has 1 fully saturated rings. The zero-order valence-corrected chi connectivity index (χ0v) is 30.9. The third-order valence-corrected chi connectivity index (χ3v) is 9.59. The van der Waals surface area contributed by atoms with Crippen LogP contribution in [0.2, 0.25) is 0 Å². The van der Waals surface area contributed by atoms with Crippen LogP contribution in [0.3, 0.4) is 0 Å². The van der Waals surface area contributed by atoms with Gasteiger partial charge in [-0.05, 0) is 89.5 Å². The third kappa shape index (κ3) is 10.6. The molecule has 9 heteroatoms. The van der Waals surface area contributed by atoms with E-state index in [0.717, 1.165) is 70.8 Å². The van der Waals surface area contributed by atoms with Crippen molar-refractivity contribution in [2.24, 2.45) is 0 Å². The molecule has 0 spiro atoms. The number of pyridine rings is 1. The topological polar surface area (TPSA) is 105 Å². The van der Waals surface area contributed by atoms with Gasteiger partial charge in [0.1, 0.15) is 11.5 Å². The van der Waals surface area contributed by atoms with Crippen LogP contribution < -0.4 is 15.4 Å². The van der Waals surface area contributed by atoms with Gasteiger partial charge in [-0.15, -0.1) is 0 Å².